The highest BCUT2D eigenvalue weighted by Crippen LogP contribution is 2.35. The van der Waals surface area contributed by atoms with Gasteiger partial charge in [-0.2, -0.15) is 0 Å². The first-order valence-electron chi connectivity index (χ1n) is 11.2. The maximum absolute atomic E-state index is 6.07. The summed E-state index contributed by atoms with van der Waals surface area (Å²) >= 11 is 0. The zero-order valence-corrected chi connectivity index (χ0v) is 18.9. The molecule has 2 aromatic heterocycles. The predicted molar refractivity (Wildman–Crippen MR) is 128 cm³/mol. The minimum absolute atomic E-state index is 0.632. The van der Waals surface area contributed by atoms with Gasteiger partial charge < -0.3 is 19.8 Å². The lowest BCUT2D eigenvalue weighted by molar-refractivity contribution is 0.230. The Balaban J connectivity index is 1.41. The number of fused-ring (bicyclic) bond motifs is 2. The molecule has 0 radical (unpaired) electrons. The molecule has 0 aliphatic carbocycles. The van der Waals surface area contributed by atoms with Crippen LogP contribution in [0.25, 0.3) is 21.8 Å². The lowest BCUT2D eigenvalue weighted by Crippen LogP contribution is -2.25. The van der Waals surface area contributed by atoms with E-state index in [9.17, 15) is 0 Å². The van der Waals surface area contributed by atoms with E-state index in [1.54, 1.807) is 13.4 Å². The summed E-state index contributed by atoms with van der Waals surface area (Å²) in [7, 11) is 1.66. The Kier molecular flexibility index (Phi) is 5.57. The zero-order valence-electron chi connectivity index (χ0n) is 18.9. The average molecular weight is 432 g/mol. The summed E-state index contributed by atoms with van der Waals surface area (Å²) in [5, 5.41) is 5.55. The number of nitrogens with one attached hydrogen (secondary N) is 2. The first kappa shape index (κ1) is 20.6. The van der Waals surface area contributed by atoms with Crippen molar-refractivity contribution in [1.29, 1.82) is 0 Å². The van der Waals surface area contributed by atoms with Crippen LogP contribution in [0, 0.1) is 13.8 Å². The van der Waals surface area contributed by atoms with E-state index in [-0.39, 0.29) is 0 Å². The molecule has 0 saturated carbocycles. The molecule has 1 aliphatic heterocycles. The molecule has 0 atom stereocenters. The van der Waals surface area contributed by atoms with Gasteiger partial charge in [0.2, 0.25) is 0 Å². The topological polar surface area (TPSA) is 75.3 Å². The summed E-state index contributed by atoms with van der Waals surface area (Å²) in [6, 6.07) is 10.2. The molecule has 7 heteroatoms. The van der Waals surface area contributed by atoms with Gasteiger partial charge in [0.1, 0.15) is 18.8 Å². The van der Waals surface area contributed by atoms with E-state index in [0.29, 0.717) is 18.1 Å². The molecular weight excluding hydrogens is 402 g/mol. The van der Waals surface area contributed by atoms with Crippen molar-refractivity contribution < 1.29 is 9.47 Å². The number of aryl methyl sites for hydroxylation is 2. The lowest BCUT2D eigenvalue weighted by atomic mass is 10.1. The van der Waals surface area contributed by atoms with Crippen LogP contribution < -0.4 is 14.8 Å². The fourth-order valence-electron chi connectivity index (χ4n) is 4.40. The molecule has 0 amide bonds. The molecule has 2 N–H and O–H groups in total. The standard InChI is InChI=1S/C25H29N5O2/c1-16-17(2)28-21-7-6-18(12-19(16)21)29-25-20-13-23(31-3)24(14-22(20)26-15-27-25)32-11-10-30-8-4-5-9-30/h6-7,12-15,28H,4-5,8-11H2,1-3H3,(H,26,27,29). The molecule has 2 aromatic carbocycles. The quantitative estimate of drug-likeness (QED) is 0.431. The fourth-order valence-corrected chi connectivity index (χ4v) is 4.40. The number of nitrogens with zero attached hydrogens (tertiary/aromatic N) is 3. The van der Waals surface area contributed by atoms with Crippen LogP contribution in [0.2, 0.25) is 0 Å². The predicted octanol–water partition coefficient (Wildman–Crippen LogP) is 4.95. The number of hydrogen-bond acceptors (Lipinski definition) is 6. The Morgan fingerprint density at radius 1 is 1.03 bits per heavy atom. The van der Waals surface area contributed by atoms with Crippen molar-refractivity contribution >= 4 is 33.3 Å². The van der Waals surface area contributed by atoms with Crippen LogP contribution in [0.1, 0.15) is 24.1 Å². The number of aromatic amines is 1. The highest BCUT2D eigenvalue weighted by Gasteiger charge is 2.15. The van der Waals surface area contributed by atoms with Crippen LogP contribution in [0.15, 0.2) is 36.7 Å². The molecule has 166 valence electrons. The van der Waals surface area contributed by atoms with Gasteiger partial charge in [-0.1, -0.05) is 0 Å². The minimum Gasteiger partial charge on any atom is -0.493 e. The third-order valence-corrected chi connectivity index (χ3v) is 6.36. The lowest BCUT2D eigenvalue weighted by Gasteiger charge is -2.17. The van der Waals surface area contributed by atoms with Crippen LogP contribution in [-0.4, -0.2) is 53.2 Å². The van der Waals surface area contributed by atoms with Gasteiger partial charge in [-0.25, -0.2) is 9.97 Å². The third-order valence-electron chi connectivity index (χ3n) is 6.36. The average Bonchev–Trinajstić information content (AvgIpc) is 3.42. The van der Waals surface area contributed by atoms with Crippen molar-refractivity contribution in [2.45, 2.75) is 26.7 Å². The highest BCUT2D eigenvalue weighted by atomic mass is 16.5. The molecule has 32 heavy (non-hydrogen) atoms. The van der Waals surface area contributed by atoms with E-state index in [4.69, 9.17) is 9.47 Å². The number of methoxy groups -OCH3 is 1. The van der Waals surface area contributed by atoms with Crippen molar-refractivity contribution in [3.8, 4) is 11.5 Å². The zero-order chi connectivity index (χ0) is 22.1. The van der Waals surface area contributed by atoms with Gasteiger partial charge in [0.15, 0.2) is 11.5 Å². The maximum atomic E-state index is 6.07. The van der Waals surface area contributed by atoms with Gasteiger partial charge in [0.05, 0.1) is 12.6 Å². The molecule has 1 aliphatic rings. The Bertz CT molecular complexity index is 1260. The number of H-pyrrole nitrogens is 1. The van der Waals surface area contributed by atoms with E-state index in [1.165, 1.54) is 29.5 Å². The number of benzene rings is 2. The number of aromatic nitrogens is 3. The number of anilines is 2. The summed E-state index contributed by atoms with van der Waals surface area (Å²) in [6.45, 7) is 8.11. The fraction of sp³-hybridized carbons (Fsp3) is 0.360. The minimum atomic E-state index is 0.632. The number of ether oxygens (including phenoxy) is 2. The molecule has 3 heterocycles. The van der Waals surface area contributed by atoms with Crippen molar-refractivity contribution in [2.24, 2.45) is 0 Å². The molecule has 4 aromatic rings. The number of hydrogen-bond donors (Lipinski definition) is 2. The first-order chi connectivity index (χ1) is 15.6. The molecule has 1 fully saturated rings. The van der Waals surface area contributed by atoms with Gasteiger partial charge in [0, 0.05) is 40.3 Å². The van der Waals surface area contributed by atoms with Crippen LogP contribution in [-0.2, 0) is 0 Å². The number of rotatable bonds is 7. The van der Waals surface area contributed by atoms with Crippen molar-refractivity contribution in [2.75, 3.05) is 38.7 Å². The second-order valence-corrected chi connectivity index (χ2v) is 8.40. The Labute approximate surface area is 187 Å². The summed E-state index contributed by atoms with van der Waals surface area (Å²) in [5.41, 5.74) is 5.37. The van der Waals surface area contributed by atoms with Crippen LogP contribution >= 0.6 is 0 Å². The molecular formula is C25H29N5O2. The summed E-state index contributed by atoms with van der Waals surface area (Å²) < 4.78 is 11.7. The third kappa shape index (κ3) is 3.96. The number of likely N-dealkylation sites (tertiary alicyclic amines) is 1. The van der Waals surface area contributed by atoms with Crippen molar-refractivity contribution in [1.82, 2.24) is 19.9 Å². The SMILES string of the molecule is COc1cc2c(Nc3ccc4[nH]c(C)c(C)c4c3)ncnc2cc1OCCN1CCCC1. The molecule has 0 bridgehead atoms. The summed E-state index contributed by atoms with van der Waals surface area (Å²) in [4.78, 5) is 14.8. The van der Waals surface area contributed by atoms with Crippen LogP contribution in [0.5, 0.6) is 11.5 Å². The summed E-state index contributed by atoms with van der Waals surface area (Å²) in [6.07, 6.45) is 4.14. The van der Waals surface area contributed by atoms with Crippen LogP contribution in [0.3, 0.4) is 0 Å². The molecule has 7 nitrogen and oxygen atoms in total. The van der Waals surface area contributed by atoms with Gasteiger partial charge in [-0.15, -0.1) is 0 Å². The van der Waals surface area contributed by atoms with Gasteiger partial charge >= 0.3 is 0 Å². The molecule has 5 rings (SSSR count). The Hall–Kier alpha value is -3.32. The maximum Gasteiger partial charge on any atom is 0.163 e. The highest BCUT2D eigenvalue weighted by molar-refractivity contribution is 5.94. The molecule has 0 unspecified atom stereocenters. The van der Waals surface area contributed by atoms with E-state index in [2.05, 4.69) is 57.2 Å². The van der Waals surface area contributed by atoms with Crippen molar-refractivity contribution in [3.63, 3.8) is 0 Å². The van der Waals surface area contributed by atoms with Gasteiger partial charge in [-0.05, 0) is 69.6 Å². The smallest absolute Gasteiger partial charge is 0.163 e. The first-order valence-corrected chi connectivity index (χ1v) is 11.2. The Morgan fingerprint density at radius 2 is 1.88 bits per heavy atom. The van der Waals surface area contributed by atoms with Crippen LogP contribution in [0.4, 0.5) is 11.5 Å². The second kappa shape index (κ2) is 8.67. The van der Waals surface area contributed by atoms with Crippen molar-refractivity contribution in [3.05, 3.63) is 47.9 Å². The van der Waals surface area contributed by atoms with E-state index < -0.39 is 0 Å². The monoisotopic (exact) mass is 431 g/mol. The second-order valence-electron chi connectivity index (χ2n) is 8.40. The Morgan fingerprint density at radius 3 is 2.69 bits per heavy atom. The van der Waals surface area contributed by atoms with Gasteiger partial charge in [0.25, 0.3) is 0 Å². The van der Waals surface area contributed by atoms with E-state index >= 15 is 0 Å². The normalized spacial score (nSPS) is 14.3. The van der Waals surface area contributed by atoms with Gasteiger partial charge in [-0.3, -0.25) is 4.90 Å². The van der Waals surface area contributed by atoms with E-state index in [0.717, 1.165) is 47.6 Å². The molecule has 0 spiro atoms. The summed E-state index contributed by atoms with van der Waals surface area (Å²) in [5.74, 6) is 2.13. The molecule has 1 saturated heterocycles. The largest absolute Gasteiger partial charge is 0.493 e. The van der Waals surface area contributed by atoms with E-state index in [1.807, 2.05) is 12.1 Å².